The lowest BCUT2D eigenvalue weighted by molar-refractivity contribution is 0.188. The van der Waals surface area contributed by atoms with Crippen molar-refractivity contribution in [3.8, 4) is 11.1 Å². The lowest BCUT2D eigenvalue weighted by atomic mass is 10.1. The van der Waals surface area contributed by atoms with E-state index in [1.165, 1.54) is 0 Å². The molecule has 3 aromatic rings. The number of nitrogens with zero attached hydrogens (tertiary/aromatic N) is 5. The summed E-state index contributed by atoms with van der Waals surface area (Å²) in [7, 11) is 0. The minimum atomic E-state index is 0.222. The van der Waals surface area contributed by atoms with Crippen molar-refractivity contribution < 1.29 is 5.11 Å². The van der Waals surface area contributed by atoms with Crippen LogP contribution in [0.3, 0.4) is 0 Å². The van der Waals surface area contributed by atoms with E-state index in [4.69, 9.17) is 4.98 Å². The number of β-amino-alcohol motifs (C(OH)–C–C–N with tert-alkyl or cyclic N) is 1. The first-order valence-corrected chi connectivity index (χ1v) is 9.81. The van der Waals surface area contributed by atoms with Crippen LogP contribution in [0.4, 0.5) is 5.82 Å². The van der Waals surface area contributed by atoms with E-state index in [1.54, 1.807) is 0 Å². The zero-order valence-electron chi connectivity index (χ0n) is 15.9. The maximum Gasteiger partial charge on any atom is 0.165 e. The first-order chi connectivity index (χ1) is 13.3. The molecule has 0 spiro atoms. The van der Waals surface area contributed by atoms with Gasteiger partial charge in [-0.3, -0.25) is 4.90 Å². The summed E-state index contributed by atoms with van der Waals surface area (Å²) in [5.41, 5.74) is 4.27. The van der Waals surface area contributed by atoms with Gasteiger partial charge < -0.3 is 10.0 Å². The van der Waals surface area contributed by atoms with E-state index in [0.29, 0.717) is 0 Å². The van der Waals surface area contributed by atoms with Crippen molar-refractivity contribution in [2.75, 3.05) is 44.2 Å². The molecule has 0 unspecified atom stereocenters. The molecule has 142 valence electrons. The summed E-state index contributed by atoms with van der Waals surface area (Å²) < 4.78 is 1.99. The molecule has 1 N–H and O–H groups in total. The first-order valence-electron chi connectivity index (χ1n) is 9.81. The largest absolute Gasteiger partial charge is 0.395 e. The SMILES string of the molecule is CCCc1cc(N2CCN(CCO)CC2)n2ncc(-c3ccccc3)c2n1. The maximum atomic E-state index is 9.17. The number of fused-ring (bicyclic) bond motifs is 1. The lowest BCUT2D eigenvalue weighted by Gasteiger charge is -2.35. The molecule has 1 aliphatic rings. The summed E-state index contributed by atoms with van der Waals surface area (Å²) in [6, 6.07) is 12.5. The van der Waals surface area contributed by atoms with E-state index < -0.39 is 0 Å². The van der Waals surface area contributed by atoms with Gasteiger partial charge >= 0.3 is 0 Å². The number of aryl methyl sites for hydroxylation is 1. The number of hydrogen-bond acceptors (Lipinski definition) is 5. The number of aliphatic hydroxyl groups excluding tert-OH is 1. The second-order valence-electron chi connectivity index (χ2n) is 7.07. The molecular weight excluding hydrogens is 338 g/mol. The van der Waals surface area contributed by atoms with Crippen LogP contribution in [0.2, 0.25) is 0 Å². The Balaban J connectivity index is 1.73. The molecule has 2 aromatic heterocycles. The predicted molar refractivity (Wildman–Crippen MR) is 108 cm³/mol. The molecule has 6 nitrogen and oxygen atoms in total. The summed E-state index contributed by atoms with van der Waals surface area (Å²) in [5, 5.41) is 13.9. The number of anilines is 1. The normalized spacial score (nSPS) is 15.6. The van der Waals surface area contributed by atoms with Crippen molar-refractivity contribution in [2.24, 2.45) is 0 Å². The summed E-state index contributed by atoms with van der Waals surface area (Å²) >= 11 is 0. The molecular formula is C21H27N5O. The smallest absolute Gasteiger partial charge is 0.165 e. The summed E-state index contributed by atoms with van der Waals surface area (Å²) in [4.78, 5) is 9.63. The van der Waals surface area contributed by atoms with Crippen molar-refractivity contribution in [1.29, 1.82) is 0 Å². The average Bonchev–Trinajstić information content (AvgIpc) is 3.13. The molecule has 1 fully saturated rings. The van der Waals surface area contributed by atoms with E-state index in [1.807, 2.05) is 16.8 Å². The molecule has 1 saturated heterocycles. The zero-order chi connectivity index (χ0) is 18.6. The Morgan fingerprint density at radius 3 is 2.56 bits per heavy atom. The van der Waals surface area contributed by atoms with Crippen molar-refractivity contribution in [2.45, 2.75) is 19.8 Å². The second-order valence-corrected chi connectivity index (χ2v) is 7.07. The Morgan fingerprint density at radius 1 is 1.07 bits per heavy atom. The highest BCUT2D eigenvalue weighted by molar-refractivity contribution is 5.78. The van der Waals surface area contributed by atoms with Crippen LogP contribution in [0.1, 0.15) is 19.0 Å². The molecule has 3 heterocycles. The number of rotatable bonds is 6. The van der Waals surface area contributed by atoms with Crippen LogP contribution in [-0.2, 0) is 6.42 Å². The van der Waals surface area contributed by atoms with E-state index in [9.17, 15) is 5.11 Å². The summed E-state index contributed by atoms with van der Waals surface area (Å²) in [6.07, 6.45) is 3.97. The van der Waals surface area contributed by atoms with Crippen molar-refractivity contribution in [1.82, 2.24) is 19.5 Å². The maximum absolute atomic E-state index is 9.17. The van der Waals surface area contributed by atoms with Gasteiger partial charge in [0.25, 0.3) is 0 Å². The van der Waals surface area contributed by atoms with Crippen molar-refractivity contribution >= 4 is 11.5 Å². The van der Waals surface area contributed by atoms with E-state index in [2.05, 4.69) is 52.2 Å². The van der Waals surface area contributed by atoms with Crippen molar-refractivity contribution in [3.05, 3.63) is 48.3 Å². The highest BCUT2D eigenvalue weighted by atomic mass is 16.3. The summed E-state index contributed by atoms with van der Waals surface area (Å²) in [5.74, 6) is 1.12. The Labute approximate surface area is 160 Å². The number of aromatic nitrogens is 3. The summed E-state index contributed by atoms with van der Waals surface area (Å²) in [6.45, 7) is 6.95. The van der Waals surface area contributed by atoms with Crippen LogP contribution in [0.5, 0.6) is 0 Å². The second kappa shape index (κ2) is 8.06. The Hall–Kier alpha value is -2.44. The third kappa shape index (κ3) is 3.68. The van der Waals surface area contributed by atoms with Crippen LogP contribution >= 0.6 is 0 Å². The van der Waals surface area contributed by atoms with Gasteiger partial charge in [-0.1, -0.05) is 43.7 Å². The van der Waals surface area contributed by atoms with Gasteiger partial charge in [0.1, 0.15) is 5.82 Å². The minimum Gasteiger partial charge on any atom is -0.395 e. The highest BCUT2D eigenvalue weighted by Gasteiger charge is 2.21. The van der Waals surface area contributed by atoms with Gasteiger partial charge in [-0.15, -0.1) is 0 Å². The highest BCUT2D eigenvalue weighted by Crippen LogP contribution is 2.27. The first kappa shape index (κ1) is 17.9. The molecule has 1 aromatic carbocycles. The number of benzene rings is 1. The molecule has 0 radical (unpaired) electrons. The third-order valence-corrected chi connectivity index (χ3v) is 5.21. The van der Waals surface area contributed by atoms with Gasteiger partial charge in [-0.25, -0.2) is 4.98 Å². The Kier molecular flexibility index (Phi) is 5.36. The quantitative estimate of drug-likeness (QED) is 0.727. The zero-order valence-corrected chi connectivity index (χ0v) is 15.9. The topological polar surface area (TPSA) is 56.9 Å². The van der Waals surface area contributed by atoms with Crippen LogP contribution in [0.15, 0.2) is 42.6 Å². The molecule has 0 aliphatic carbocycles. The molecule has 0 saturated carbocycles. The van der Waals surface area contributed by atoms with E-state index >= 15 is 0 Å². The van der Waals surface area contributed by atoms with Crippen molar-refractivity contribution in [3.63, 3.8) is 0 Å². The predicted octanol–water partition coefficient (Wildman–Crippen LogP) is 2.46. The van der Waals surface area contributed by atoms with Gasteiger partial charge in [0.05, 0.1) is 12.8 Å². The number of aliphatic hydroxyl groups is 1. The fourth-order valence-corrected chi connectivity index (χ4v) is 3.77. The van der Waals surface area contributed by atoms with Crippen LogP contribution in [0, 0.1) is 0 Å². The molecule has 0 amide bonds. The van der Waals surface area contributed by atoms with Gasteiger partial charge in [-0.2, -0.15) is 9.61 Å². The van der Waals surface area contributed by atoms with Crippen LogP contribution in [0.25, 0.3) is 16.8 Å². The van der Waals surface area contributed by atoms with Gasteiger partial charge in [0, 0.05) is 50.0 Å². The van der Waals surface area contributed by atoms with Gasteiger partial charge in [0.2, 0.25) is 0 Å². The average molecular weight is 365 g/mol. The monoisotopic (exact) mass is 365 g/mol. The van der Waals surface area contributed by atoms with Gasteiger partial charge in [-0.05, 0) is 12.0 Å². The minimum absolute atomic E-state index is 0.222. The van der Waals surface area contributed by atoms with Crippen LogP contribution < -0.4 is 4.90 Å². The van der Waals surface area contributed by atoms with E-state index in [0.717, 1.165) is 73.9 Å². The molecule has 4 rings (SSSR count). The van der Waals surface area contributed by atoms with E-state index in [-0.39, 0.29) is 6.61 Å². The fourth-order valence-electron chi connectivity index (χ4n) is 3.77. The molecule has 1 aliphatic heterocycles. The number of hydrogen-bond donors (Lipinski definition) is 1. The molecule has 6 heteroatoms. The Morgan fingerprint density at radius 2 is 1.85 bits per heavy atom. The molecule has 0 atom stereocenters. The lowest BCUT2D eigenvalue weighted by Crippen LogP contribution is -2.47. The third-order valence-electron chi connectivity index (χ3n) is 5.21. The molecule has 0 bridgehead atoms. The van der Waals surface area contributed by atoms with Gasteiger partial charge in [0.15, 0.2) is 5.65 Å². The number of piperazine rings is 1. The Bertz CT molecular complexity index is 884. The fraction of sp³-hybridized carbons (Fsp3) is 0.429. The van der Waals surface area contributed by atoms with Crippen LogP contribution in [-0.4, -0.2) is 63.9 Å². The standard InChI is InChI=1S/C21H27N5O/c1-2-6-18-15-20(25-11-9-24(10-12-25)13-14-27)26-21(23-18)19(16-22-26)17-7-4-3-5-8-17/h3-5,7-8,15-16,27H,2,6,9-14H2,1H3. The molecule has 27 heavy (non-hydrogen) atoms.